The van der Waals surface area contributed by atoms with Crippen molar-refractivity contribution in [2.75, 3.05) is 13.7 Å². The van der Waals surface area contributed by atoms with Crippen molar-refractivity contribution in [2.45, 2.75) is 26.1 Å². The molecule has 152 valence electrons. The lowest BCUT2D eigenvalue weighted by atomic mass is 10.2. The van der Waals surface area contributed by atoms with Crippen LogP contribution in [0.5, 0.6) is 11.5 Å². The molecule has 0 unspecified atom stereocenters. The van der Waals surface area contributed by atoms with E-state index in [0.717, 1.165) is 5.76 Å². The van der Waals surface area contributed by atoms with Gasteiger partial charge < -0.3 is 18.4 Å². The number of methoxy groups -OCH3 is 1. The van der Waals surface area contributed by atoms with Crippen LogP contribution in [0.3, 0.4) is 0 Å². The summed E-state index contributed by atoms with van der Waals surface area (Å²) in [6.45, 7) is -1.65. The number of furan rings is 1. The quantitative estimate of drug-likeness (QED) is 0.503. The Hall–Kier alpha value is -3.45. The van der Waals surface area contributed by atoms with Gasteiger partial charge in [-0.25, -0.2) is 0 Å². The number of alkyl halides is 2. The lowest BCUT2D eigenvalue weighted by molar-refractivity contribution is -0.0512. The van der Waals surface area contributed by atoms with Gasteiger partial charge in [-0.05, 0) is 30.3 Å². The van der Waals surface area contributed by atoms with E-state index >= 15 is 0 Å². The smallest absolute Gasteiger partial charge is 0.387 e. The fraction of sp³-hybridized carbons (Fsp3) is 0.316. The van der Waals surface area contributed by atoms with Crippen LogP contribution in [0, 0.1) is 11.3 Å². The molecular weight excluding hydrogens is 386 g/mol. The first-order valence-electron chi connectivity index (χ1n) is 8.66. The number of ether oxygens (including phenoxy) is 2. The first-order valence-corrected chi connectivity index (χ1v) is 8.66. The molecule has 0 saturated carbocycles. The first-order chi connectivity index (χ1) is 14.1. The van der Waals surface area contributed by atoms with Crippen LogP contribution in [0.15, 0.2) is 45.5 Å². The molecule has 0 aliphatic rings. The van der Waals surface area contributed by atoms with E-state index < -0.39 is 6.61 Å². The zero-order chi connectivity index (χ0) is 20.6. The molecule has 0 aliphatic heterocycles. The lowest BCUT2D eigenvalue weighted by Gasteiger charge is -2.17. The summed E-state index contributed by atoms with van der Waals surface area (Å²) in [5.74, 6) is 1.41. The monoisotopic (exact) mass is 404 g/mol. The average Bonchev–Trinajstić information content (AvgIpc) is 3.38. The van der Waals surface area contributed by atoms with Crippen molar-refractivity contribution < 1.29 is 27.2 Å². The molecule has 0 spiro atoms. The van der Waals surface area contributed by atoms with Crippen molar-refractivity contribution in [1.29, 1.82) is 5.26 Å². The second-order valence-corrected chi connectivity index (χ2v) is 5.95. The number of nitriles is 1. The van der Waals surface area contributed by atoms with Gasteiger partial charge in [-0.15, -0.1) is 0 Å². The highest BCUT2D eigenvalue weighted by Crippen LogP contribution is 2.32. The summed E-state index contributed by atoms with van der Waals surface area (Å²) < 4.78 is 45.1. The Balaban J connectivity index is 1.74. The fourth-order valence-corrected chi connectivity index (χ4v) is 2.67. The SMILES string of the molecule is COc1cc(-c2noc(CN(CCC#N)Cc3ccco3)n2)ccc1OC(F)F. The van der Waals surface area contributed by atoms with Gasteiger partial charge in [-0.2, -0.15) is 19.0 Å². The summed E-state index contributed by atoms with van der Waals surface area (Å²) in [6, 6.07) is 10.1. The molecule has 8 nitrogen and oxygen atoms in total. The normalized spacial score (nSPS) is 11.0. The van der Waals surface area contributed by atoms with Crippen LogP contribution in [-0.4, -0.2) is 35.3 Å². The highest BCUT2D eigenvalue weighted by molar-refractivity contribution is 5.60. The molecule has 10 heteroatoms. The number of aromatic nitrogens is 2. The van der Waals surface area contributed by atoms with E-state index in [0.29, 0.717) is 37.5 Å². The maximum Gasteiger partial charge on any atom is 0.387 e. The largest absolute Gasteiger partial charge is 0.493 e. The molecule has 29 heavy (non-hydrogen) atoms. The van der Waals surface area contributed by atoms with Crippen molar-refractivity contribution in [3.8, 4) is 29.0 Å². The van der Waals surface area contributed by atoms with Crippen LogP contribution in [0.1, 0.15) is 18.1 Å². The molecule has 0 bridgehead atoms. The Morgan fingerprint density at radius 1 is 1.24 bits per heavy atom. The highest BCUT2D eigenvalue weighted by atomic mass is 19.3. The van der Waals surface area contributed by atoms with Crippen molar-refractivity contribution >= 4 is 0 Å². The van der Waals surface area contributed by atoms with Gasteiger partial charge in [-0.1, -0.05) is 5.16 Å². The topological polar surface area (TPSA) is 97.6 Å². The van der Waals surface area contributed by atoms with Gasteiger partial charge in [0.15, 0.2) is 11.5 Å². The Labute approximate surface area is 165 Å². The maximum atomic E-state index is 12.5. The van der Waals surface area contributed by atoms with Crippen LogP contribution in [0.4, 0.5) is 8.78 Å². The predicted octanol–water partition coefficient (Wildman–Crippen LogP) is 3.86. The van der Waals surface area contributed by atoms with E-state index in [4.69, 9.17) is 18.9 Å². The Bertz CT molecular complexity index is 954. The molecule has 0 atom stereocenters. The number of hydrogen-bond donors (Lipinski definition) is 0. The molecule has 0 amide bonds. The van der Waals surface area contributed by atoms with Crippen molar-refractivity contribution in [3.05, 3.63) is 48.2 Å². The Morgan fingerprint density at radius 3 is 2.79 bits per heavy atom. The first kappa shape index (κ1) is 20.3. The van der Waals surface area contributed by atoms with E-state index in [9.17, 15) is 8.78 Å². The molecule has 0 fully saturated rings. The van der Waals surface area contributed by atoms with E-state index in [1.165, 1.54) is 25.3 Å². The second-order valence-electron chi connectivity index (χ2n) is 5.95. The molecule has 3 rings (SSSR count). The van der Waals surface area contributed by atoms with Gasteiger partial charge >= 0.3 is 6.61 Å². The van der Waals surface area contributed by atoms with Crippen LogP contribution >= 0.6 is 0 Å². The Kier molecular flexibility index (Phi) is 6.76. The summed E-state index contributed by atoms with van der Waals surface area (Å²) in [4.78, 5) is 6.29. The van der Waals surface area contributed by atoms with E-state index in [1.54, 1.807) is 12.3 Å². The minimum absolute atomic E-state index is 0.0869. The summed E-state index contributed by atoms with van der Waals surface area (Å²) >= 11 is 0. The van der Waals surface area contributed by atoms with Crippen molar-refractivity contribution in [3.63, 3.8) is 0 Å². The summed E-state index contributed by atoms with van der Waals surface area (Å²) in [5.41, 5.74) is 0.521. The summed E-state index contributed by atoms with van der Waals surface area (Å²) in [6.07, 6.45) is 1.92. The molecule has 0 N–H and O–H groups in total. The molecule has 0 aliphatic carbocycles. The number of nitrogens with zero attached hydrogens (tertiary/aromatic N) is 4. The molecule has 3 aromatic rings. The van der Waals surface area contributed by atoms with Crippen LogP contribution in [-0.2, 0) is 13.1 Å². The number of hydrogen-bond acceptors (Lipinski definition) is 8. The highest BCUT2D eigenvalue weighted by Gasteiger charge is 2.17. The summed E-state index contributed by atoms with van der Waals surface area (Å²) in [5, 5.41) is 12.8. The minimum Gasteiger partial charge on any atom is -0.493 e. The molecule has 0 radical (unpaired) electrons. The third-order valence-electron chi connectivity index (χ3n) is 3.96. The standard InChI is InChI=1S/C19H18F2N4O4/c1-26-16-10-13(5-6-15(16)28-19(20)21)18-23-17(29-24-18)12-25(8-3-7-22)11-14-4-2-9-27-14/h2,4-6,9-10,19H,3,8,11-12H2,1H3. The lowest BCUT2D eigenvalue weighted by Crippen LogP contribution is -2.23. The number of rotatable bonds is 10. The predicted molar refractivity (Wildman–Crippen MR) is 96.0 cm³/mol. The zero-order valence-electron chi connectivity index (χ0n) is 15.5. The van der Waals surface area contributed by atoms with Gasteiger partial charge in [0.2, 0.25) is 11.7 Å². The van der Waals surface area contributed by atoms with Crippen LogP contribution in [0.25, 0.3) is 11.4 Å². The molecule has 1 aromatic carbocycles. The van der Waals surface area contributed by atoms with Gasteiger partial charge in [0.05, 0.1) is 32.5 Å². The van der Waals surface area contributed by atoms with Crippen LogP contribution < -0.4 is 9.47 Å². The number of benzene rings is 1. The van der Waals surface area contributed by atoms with Crippen LogP contribution in [0.2, 0.25) is 0 Å². The Morgan fingerprint density at radius 2 is 2.10 bits per heavy atom. The third-order valence-corrected chi connectivity index (χ3v) is 3.96. The van der Waals surface area contributed by atoms with E-state index in [1.807, 2.05) is 11.0 Å². The van der Waals surface area contributed by atoms with Gasteiger partial charge in [0, 0.05) is 18.5 Å². The second kappa shape index (κ2) is 9.66. The van der Waals surface area contributed by atoms with Gasteiger partial charge in [0.1, 0.15) is 5.76 Å². The molecule has 2 aromatic heterocycles. The maximum absolute atomic E-state index is 12.5. The molecule has 0 saturated heterocycles. The zero-order valence-corrected chi connectivity index (χ0v) is 15.5. The molecular formula is C19H18F2N4O4. The number of halogens is 2. The molecule has 2 heterocycles. The van der Waals surface area contributed by atoms with E-state index in [-0.39, 0.29) is 17.3 Å². The van der Waals surface area contributed by atoms with Gasteiger partial charge in [0.25, 0.3) is 0 Å². The van der Waals surface area contributed by atoms with Gasteiger partial charge in [-0.3, -0.25) is 4.90 Å². The van der Waals surface area contributed by atoms with Crippen molar-refractivity contribution in [1.82, 2.24) is 15.0 Å². The summed E-state index contributed by atoms with van der Waals surface area (Å²) in [7, 11) is 1.35. The third kappa shape index (κ3) is 5.52. The fourth-order valence-electron chi connectivity index (χ4n) is 2.67. The minimum atomic E-state index is -2.96. The average molecular weight is 404 g/mol. The van der Waals surface area contributed by atoms with Crippen molar-refractivity contribution in [2.24, 2.45) is 0 Å². The van der Waals surface area contributed by atoms with E-state index in [2.05, 4.69) is 20.9 Å².